The lowest BCUT2D eigenvalue weighted by Crippen LogP contribution is -2.55. The number of nitrogens with zero attached hydrogens (tertiary/aromatic N) is 1. The van der Waals surface area contributed by atoms with Crippen LogP contribution in [0.1, 0.15) is 25.7 Å². The fourth-order valence-electron chi connectivity index (χ4n) is 1.55. The molecule has 4 nitrogen and oxygen atoms in total. The summed E-state index contributed by atoms with van der Waals surface area (Å²) in [6.07, 6.45) is 3.76. The van der Waals surface area contributed by atoms with Crippen LogP contribution in [-0.2, 0) is 4.79 Å². The van der Waals surface area contributed by atoms with Crippen LogP contribution in [0.15, 0.2) is 0 Å². The number of amides is 1. The van der Waals surface area contributed by atoms with E-state index in [1.165, 1.54) is 0 Å². The van der Waals surface area contributed by atoms with Gasteiger partial charge in [-0.05, 0) is 12.8 Å². The molecule has 0 spiro atoms. The second kappa shape index (κ2) is 3.41. The number of hydrogen-bond donors (Lipinski definition) is 2. The lowest BCUT2D eigenvalue weighted by Gasteiger charge is -2.24. The van der Waals surface area contributed by atoms with E-state index in [1.54, 1.807) is 19.1 Å². The van der Waals surface area contributed by atoms with Crippen molar-refractivity contribution in [1.82, 2.24) is 10.4 Å². The van der Waals surface area contributed by atoms with Gasteiger partial charge in [0.25, 0.3) is 5.91 Å². The molecule has 0 atom stereocenters. The third-order valence-electron chi connectivity index (χ3n) is 2.27. The van der Waals surface area contributed by atoms with Crippen LogP contribution >= 0.6 is 0 Å². The zero-order valence-corrected chi connectivity index (χ0v) is 7.76. The Labute approximate surface area is 73.1 Å². The van der Waals surface area contributed by atoms with Crippen molar-refractivity contribution < 1.29 is 4.79 Å². The van der Waals surface area contributed by atoms with E-state index in [2.05, 4.69) is 5.43 Å². The summed E-state index contributed by atoms with van der Waals surface area (Å²) < 4.78 is 0. The molecule has 0 unspecified atom stereocenters. The van der Waals surface area contributed by atoms with Gasteiger partial charge in [-0.25, -0.2) is 5.01 Å². The van der Waals surface area contributed by atoms with Crippen molar-refractivity contribution in [2.45, 2.75) is 31.2 Å². The highest BCUT2D eigenvalue weighted by atomic mass is 16.2. The topological polar surface area (TPSA) is 58.4 Å². The van der Waals surface area contributed by atoms with Crippen LogP contribution in [0.5, 0.6) is 0 Å². The number of nitrogens with two attached hydrogens (primary N) is 1. The van der Waals surface area contributed by atoms with E-state index in [0.717, 1.165) is 25.7 Å². The Morgan fingerprint density at radius 1 is 1.42 bits per heavy atom. The first-order chi connectivity index (χ1) is 5.54. The van der Waals surface area contributed by atoms with Crippen molar-refractivity contribution >= 4 is 5.91 Å². The number of carbonyl (C=O) groups is 1. The lowest BCUT2D eigenvalue weighted by molar-refractivity contribution is -0.130. The average Bonchev–Trinajstić information content (AvgIpc) is 2.36. The molecular formula is C8H17N3O. The van der Waals surface area contributed by atoms with Crippen LogP contribution in [0.3, 0.4) is 0 Å². The Hall–Kier alpha value is -0.610. The van der Waals surface area contributed by atoms with Crippen LogP contribution in [0.4, 0.5) is 0 Å². The van der Waals surface area contributed by atoms with Gasteiger partial charge in [-0.15, -0.1) is 0 Å². The molecule has 0 aliphatic heterocycles. The first-order valence-electron chi connectivity index (χ1n) is 4.32. The maximum Gasteiger partial charge on any atom is 0.254 e. The Bertz CT molecular complexity index is 173. The predicted molar refractivity (Wildman–Crippen MR) is 47.2 cm³/mol. The van der Waals surface area contributed by atoms with Crippen molar-refractivity contribution in [3.05, 3.63) is 0 Å². The summed E-state index contributed by atoms with van der Waals surface area (Å²) >= 11 is 0. The van der Waals surface area contributed by atoms with E-state index >= 15 is 0 Å². The summed E-state index contributed by atoms with van der Waals surface area (Å²) in [4.78, 5) is 11.5. The van der Waals surface area contributed by atoms with Crippen molar-refractivity contribution in [2.24, 2.45) is 5.73 Å². The molecule has 0 bridgehead atoms. The van der Waals surface area contributed by atoms with Gasteiger partial charge in [0.15, 0.2) is 0 Å². The summed E-state index contributed by atoms with van der Waals surface area (Å²) in [5.41, 5.74) is 8.00. The third kappa shape index (κ3) is 1.95. The van der Waals surface area contributed by atoms with Crippen LogP contribution < -0.4 is 11.2 Å². The molecule has 1 saturated carbocycles. The van der Waals surface area contributed by atoms with Crippen LogP contribution in [0, 0.1) is 0 Å². The maximum absolute atomic E-state index is 11.5. The largest absolute Gasteiger partial charge is 0.317 e. The molecule has 0 saturated heterocycles. The van der Waals surface area contributed by atoms with E-state index in [-0.39, 0.29) is 5.91 Å². The Kier molecular flexibility index (Phi) is 2.69. The molecule has 0 radical (unpaired) electrons. The fourth-order valence-corrected chi connectivity index (χ4v) is 1.55. The van der Waals surface area contributed by atoms with Gasteiger partial charge in [-0.2, -0.15) is 0 Å². The molecule has 0 aromatic heterocycles. The normalized spacial score (nSPS) is 21.3. The lowest BCUT2D eigenvalue weighted by atomic mass is 9.99. The molecule has 70 valence electrons. The Morgan fingerprint density at radius 2 is 1.92 bits per heavy atom. The minimum Gasteiger partial charge on any atom is -0.317 e. The number of rotatable bonds is 2. The van der Waals surface area contributed by atoms with Crippen molar-refractivity contribution in [1.29, 1.82) is 0 Å². The maximum atomic E-state index is 11.5. The van der Waals surface area contributed by atoms with E-state index < -0.39 is 5.54 Å². The zero-order chi connectivity index (χ0) is 9.19. The first kappa shape index (κ1) is 9.48. The van der Waals surface area contributed by atoms with Gasteiger partial charge < -0.3 is 5.73 Å². The van der Waals surface area contributed by atoms with Crippen LogP contribution in [-0.4, -0.2) is 30.6 Å². The number of hydrazine groups is 1. The third-order valence-corrected chi connectivity index (χ3v) is 2.27. The summed E-state index contributed by atoms with van der Waals surface area (Å²) in [7, 11) is 3.58. The van der Waals surface area contributed by atoms with Crippen molar-refractivity contribution in [3.63, 3.8) is 0 Å². The highest BCUT2D eigenvalue weighted by Crippen LogP contribution is 2.27. The Balaban J connectivity index is 2.50. The van der Waals surface area contributed by atoms with Crippen molar-refractivity contribution in [2.75, 3.05) is 14.1 Å². The van der Waals surface area contributed by atoms with Crippen LogP contribution in [0.25, 0.3) is 0 Å². The molecule has 1 fully saturated rings. The van der Waals surface area contributed by atoms with E-state index in [0.29, 0.717) is 0 Å². The molecule has 1 rings (SSSR count). The molecule has 12 heavy (non-hydrogen) atoms. The molecular weight excluding hydrogens is 154 g/mol. The van der Waals surface area contributed by atoms with E-state index in [1.807, 2.05) is 0 Å². The predicted octanol–water partition coefficient (Wildman–Crippen LogP) is -0.149. The zero-order valence-electron chi connectivity index (χ0n) is 7.76. The minimum absolute atomic E-state index is 0.0509. The summed E-state index contributed by atoms with van der Waals surface area (Å²) in [5.74, 6) is -0.0509. The molecule has 0 aromatic rings. The highest BCUT2D eigenvalue weighted by Gasteiger charge is 2.37. The van der Waals surface area contributed by atoms with Gasteiger partial charge in [0, 0.05) is 14.1 Å². The van der Waals surface area contributed by atoms with Gasteiger partial charge in [0.05, 0.1) is 5.54 Å². The van der Waals surface area contributed by atoms with Gasteiger partial charge in [-0.3, -0.25) is 10.2 Å². The molecule has 1 amide bonds. The molecule has 3 N–H and O–H groups in total. The second-order valence-electron chi connectivity index (χ2n) is 3.70. The molecule has 0 aromatic carbocycles. The Morgan fingerprint density at radius 3 is 2.33 bits per heavy atom. The average molecular weight is 171 g/mol. The van der Waals surface area contributed by atoms with Gasteiger partial charge >= 0.3 is 0 Å². The molecule has 0 heterocycles. The standard InChI is InChI=1S/C8H17N3O/c1-11(2)10-7(12)8(9)5-3-4-6-8/h3-6,9H2,1-2H3,(H,10,12). The smallest absolute Gasteiger partial charge is 0.254 e. The summed E-state index contributed by atoms with van der Waals surface area (Å²) in [5, 5.41) is 1.63. The number of nitrogens with one attached hydrogen (secondary N) is 1. The van der Waals surface area contributed by atoms with Gasteiger partial charge in [0.2, 0.25) is 0 Å². The first-order valence-corrected chi connectivity index (χ1v) is 4.32. The second-order valence-corrected chi connectivity index (χ2v) is 3.70. The minimum atomic E-state index is -0.607. The summed E-state index contributed by atoms with van der Waals surface area (Å²) in [6, 6.07) is 0. The number of carbonyl (C=O) groups excluding carboxylic acids is 1. The SMILES string of the molecule is CN(C)NC(=O)C1(N)CCCC1. The van der Waals surface area contributed by atoms with Gasteiger partial charge in [0.1, 0.15) is 0 Å². The monoisotopic (exact) mass is 171 g/mol. The van der Waals surface area contributed by atoms with Crippen LogP contribution in [0.2, 0.25) is 0 Å². The number of hydrogen-bond acceptors (Lipinski definition) is 3. The fraction of sp³-hybridized carbons (Fsp3) is 0.875. The molecule has 1 aliphatic carbocycles. The van der Waals surface area contributed by atoms with E-state index in [9.17, 15) is 4.79 Å². The molecule has 1 aliphatic rings. The van der Waals surface area contributed by atoms with E-state index in [4.69, 9.17) is 5.73 Å². The summed E-state index contributed by atoms with van der Waals surface area (Å²) in [6.45, 7) is 0. The molecule has 4 heteroatoms. The van der Waals surface area contributed by atoms with Gasteiger partial charge in [-0.1, -0.05) is 12.8 Å². The quantitative estimate of drug-likeness (QED) is 0.568. The van der Waals surface area contributed by atoms with Crippen molar-refractivity contribution in [3.8, 4) is 0 Å². The highest BCUT2D eigenvalue weighted by molar-refractivity contribution is 5.85.